The lowest BCUT2D eigenvalue weighted by Gasteiger charge is -2.10. The van der Waals surface area contributed by atoms with Crippen LogP contribution in [0.1, 0.15) is 30.9 Å². The van der Waals surface area contributed by atoms with Gasteiger partial charge in [0.15, 0.2) is 0 Å². The van der Waals surface area contributed by atoms with Gasteiger partial charge in [0.05, 0.1) is 5.56 Å². The topological polar surface area (TPSA) is 4.93 Å². The summed E-state index contributed by atoms with van der Waals surface area (Å²) >= 11 is 5.78. The largest absolute Gasteiger partial charge is 0.418 e. The first kappa shape index (κ1) is 11.4. The van der Waals surface area contributed by atoms with E-state index in [9.17, 15) is 13.2 Å². The second kappa shape index (κ2) is 3.50. The van der Waals surface area contributed by atoms with Gasteiger partial charge >= 0.3 is 6.18 Å². The smallest absolute Gasteiger partial charge is 0.341 e. The van der Waals surface area contributed by atoms with Gasteiger partial charge in [-0.2, -0.15) is 13.2 Å². The van der Waals surface area contributed by atoms with Crippen molar-refractivity contribution in [3.8, 4) is 0 Å². The monoisotopic (exact) mass is 225 g/mol. The van der Waals surface area contributed by atoms with Crippen molar-refractivity contribution in [2.24, 2.45) is 7.05 Å². The van der Waals surface area contributed by atoms with Gasteiger partial charge in [-0.25, -0.2) is 0 Å². The molecule has 14 heavy (non-hydrogen) atoms. The third-order valence-corrected chi connectivity index (χ3v) is 2.50. The molecule has 0 radical (unpaired) electrons. The highest BCUT2D eigenvalue weighted by Crippen LogP contribution is 2.39. The van der Waals surface area contributed by atoms with E-state index >= 15 is 0 Å². The van der Waals surface area contributed by atoms with Crippen molar-refractivity contribution in [3.63, 3.8) is 0 Å². The fraction of sp³-hybridized carbons (Fsp3) is 0.556. The van der Waals surface area contributed by atoms with Crippen LogP contribution in [0.25, 0.3) is 0 Å². The molecule has 0 aliphatic heterocycles. The Kier molecular flexibility index (Phi) is 2.86. The number of rotatable bonds is 1. The molecule has 0 unspecified atom stereocenters. The minimum Gasteiger partial charge on any atom is -0.341 e. The summed E-state index contributed by atoms with van der Waals surface area (Å²) in [5.74, 6) is -0.236. The summed E-state index contributed by atoms with van der Waals surface area (Å²) < 4.78 is 38.9. The van der Waals surface area contributed by atoms with Gasteiger partial charge in [0.25, 0.3) is 0 Å². The molecule has 0 bridgehead atoms. The average Bonchev–Trinajstić information content (AvgIpc) is 2.27. The molecule has 0 saturated carbocycles. The summed E-state index contributed by atoms with van der Waals surface area (Å²) in [6, 6.07) is 0. The van der Waals surface area contributed by atoms with Crippen LogP contribution < -0.4 is 0 Å². The molecule has 1 aromatic heterocycles. The molecule has 0 aliphatic rings. The molecule has 0 amide bonds. The van der Waals surface area contributed by atoms with Gasteiger partial charge in [-0.3, -0.25) is 0 Å². The lowest BCUT2D eigenvalue weighted by molar-refractivity contribution is -0.138. The van der Waals surface area contributed by atoms with Crippen molar-refractivity contribution >= 4 is 11.6 Å². The van der Waals surface area contributed by atoms with Crippen LogP contribution in [0, 0.1) is 0 Å². The molecular formula is C9H11ClF3N. The quantitative estimate of drug-likeness (QED) is 0.685. The molecular weight excluding hydrogens is 215 g/mol. The molecule has 1 rings (SSSR count). The molecule has 1 aromatic rings. The van der Waals surface area contributed by atoms with Crippen molar-refractivity contribution in [3.05, 3.63) is 22.5 Å². The molecule has 5 heteroatoms. The van der Waals surface area contributed by atoms with Crippen LogP contribution >= 0.6 is 11.6 Å². The number of aromatic nitrogens is 1. The first-order valence-electron chi connectivity index (χ1n) is 4.17. The fourth-order valence-electron chi connectivity index (χ4n) is 1.40. The van der Waals surface area contributed by atoms with Crippen LogP contribution in [0.2, 0.25) is 5.15 Å². The number of aryl methyl sites for hydroxylation is 1. The van der Waals surface area contributed by atoms with Crippen LogP contribution in [0.15, 0.2) is 6.20 Å². The van der Waals surface area contributed by atoms with Crippen LogP contribution in [0.3, 0.4) is 0 Å². The van der Waals surface area contributed by atoms with E-state index in [0.29, 0.717) is 0 Å². The van der Waals surface area contributed by atoms with Gasteiger partial charge in [0.2, 0.25) is 0 Å². The molecule has 1 heterocycles. The van der Waals surface area contributed by atoms with Crippen molar-refractivity contribution in [1.82, 2.24) is 4.57 Å². The van der Waals surface area contributed by atoms with Crippen LogP contribution in [0.5, 0.6) is 0 Å². The maximum Gasteiger partial charge on any atom is 0.418 e. The SMILES string of the molecule is CC(C)c1c(C(F)(F)F)cn(C)c1Cl. The third-order valence-electron chi connectivity index (χ3n) is 2.03. The van der Waals surface area contributed by atoms with Gasteiger partial charge in [-0.05, 0) is 5.92 Å². The molecule has 0 atom stereocenters. The molecule has 0 N–H and O–H groups in total. The Morgan fingerprint density at radius 1 is 1.36 bits per heavy atom. The van der Waals surface area contributed by atoms with Crippen molar-refractivity contribution < 1.29 is 13.2 Å². The summed E-state index contributed by atoms with van der Waals surface area (Å²) in [5.41, 5.74) is -0.471. The van der Waals surface area contributed by atoms with E-state index in [4.69, 9.17) is 11.6 Å². The Morgan fingerprint density at radius 2 is 1.86 bits per heavy atom. The fourth-order valence-corrected chi connectivity index (χ4v) is 1.76. The first-order valence-corrected chi connectivity index (χ1v) is 4.54. The predicted octanol–water partition coefficient (Wildman–Crippen LogP) is 3.82. The summed E-state index contributed by atoms with van der Waals surface area (Å²) in [4.78, 5) is 0. The van der Waals surface area contributed by atoms with Crippen molar-refractivity contribution in [2.75, 3.05) is 0 Å². The first-order chi connectivity index (χ1) is 6.25. The standard InChI is InChI=1S/C9H11ClF3N/c1-5(2)7-6(9(11,12)13)4-14(3)8(7)10/h4-5H,1-3H3. The second-order valence-electron chi connectivity index (χ2n) is 3.51. The number of nitrogens with zero attached hydrogens (tertiary/aromatic N) is 1. The molecule has 80 valence electrons. The van der Waals surface area contributed by atoms with Crippen LogP contribution in [0.4, 0.5) is 13.2 Å². The number of hydrogen-bond donors (Lipinski definition) is 0. The normalized spacial score (nSPS) is 12.6. The van der Waals surface area contributed by atoms with Crippen molar-refractivity contribution in [1.29, 1.82) is 0 Å². The zero-order chi connectivity index (χ0) is 11.1. The highest BCUT2D eigenvalue weighted by molar-refractivity contribution is 6.30. The van der Waals surface area contributed by atoms with E-state index in [2.05, 4.69) is 0 Å². The van der Waals surface area contributed by atoms with Gasteiger partial charge in [0.1, 0.15) is 5.15 Å². The maximum atomic E-state index is 12.5. The zero-order valence-corrected chi connectivity index (χ0v) is 8.87. The average molecular weight is 226 g/mol. The molecule has 0 fully saturated rings. The highest BCUT2D eigenvalue weighted by Gasteiger charge is 2.36. The molecule has 0 spiro atoms. The van der Waals surface area contributed by atoms with E-state index in [0.717, 1.165) is 6.20 Å². The number of hydrogen-bond acceptors (Lipinski definition) is 0. The molecule has 0 aromatic carbocycles. The lowest BCUT2D eigenvalue weighted by atomic mass is 10.0. The third kappa shape index (κ3) is 1.90. The Bertz CT molecular complexity index is 339. The molecule has 1 nitrogen and oxygen atoms in total. The van der Waals surface area contributed by atoms with E-state index < -0.39 is 11.7 Å². The Balaban J connectivity index is 3.37. The van der Waals surface area contributed by atoms with Crippen LogP contribution in [-0.2, 0) is 13.2 Å². The Morgan fingerprint density at radius 3 is 2.14 bits per heavy atom. The molecule has 0 saturated heterocycles. The number of halogens is 4. The minimum absolute atomic E-state index is 0.160. The minimum atomic E-state index is -4.33. The van der Waals surface area contributed by atoms with Gasteiger partial charge in [-0.1, -0.05) is 25.4 Å². The van der Waals surface area contributed by atoms with E-state index in [1.807, 2.05) is 0 Å². The van der Waals surface area contributed by atoms with E-state index in [-0.39, 0.29) is 16.6 Å². The second-order valence-corrected chi connectivity index (χ2v) is 3.87. The van der Waals surface area contributed by atoms with E-state index in [1.165, 1.54) is 11.6 Å². The van der Waals surface area contributed by atoms with Gasteiger partial charge in [0, 0.05) is 18.8 Å². The van der Waals surface area contributed by atoms with E-state index in [1.54, 1.807) is 13.8 Å². The van der Waals surface area contributed by atoms with Gasteiger partial charge < -0.3 is 4.57 Å². The van der Waals surface area contributed by atoms with Gasteiger partial charge in [-0.15, -0.1) is 0 Å². The summed E-state index contributed by atoms with van der Waals surface area (Å²) in [5, 5.41) is 0.160. The highest BCUT2D eigenvalue weighted by atomic mass is 35.5. The summed E-state index contributed by atoms with van der Waals surface area (Å²) in [7, 11) is 1.50. The van der Waals surface area contributed by atoms with Crippen LogP contribution in [-0.4, -0.2) is 4.57 Å². The maximum absolute atomic E-state index is 12.5. The number of alkyl halides is 3. The summed E-state index contributed by atoms with van der Waals surface area (Å²) in [6.45, 7) is 3.38. The lowest BCUT2D eigenvalue weighted by Crippen LogP contribution is -2.07. The predicted molar refractivity (Wildman–Crippen MR) is 49.5 cm³/mol. The Hall–Kier alpha value is -0.640. The Labute approximate surface area is 85.5 Å². The summed E-state index contributed by atoms with van der Waals surface area (Å²) in [6.07, 6.45) is -3.30. The zero-order valence-electron chi connectivity index (χ0n) is 8.11. The molecule has 0 aliphatic carbocycles. The van der Waals surface area contributed by atoms with Crippen molar-refractivity contribution in [2.45, 2.75) is 25.9 Å².